The first-order valence-electron chi connectivity index (χ1n) is 6.39. The molecule has 0 spiro atoms. The van der Waals surface area contributed by atoms with Gasteiger partial charge in [-0.2, -0.15) is 0 Å². The molecule has 1 aliphatic carbocycles. The smallest absolute Gasteiger partial charge is 0.168 e. The van der Waals surface area contributed by atoms with Gasteiger partial charge in [-0.25, -0.2) is 8.78 Å². The van der Waals surface area contributed by atoms with Crippen LogP contribution in [0.2, 0.25) is 5.02 Å². The van der Waals surface area contributed by atoms with Gasteiger partial charge in [0, 0.05) is 13.1 Å². The summed E-state index contributed by atoms with van der Waals surface area (Å²) in [5.74, 6) is 1.45. The topological polar surface area (TPSA) is 3.24 Å². The molecule has 1 aliphatic heterocycles. The maximum Gasteiger partial charge on any atom is 0.168 e. The molecular formula is C14H16ClF2N. The van der Waals surface area contributed by atoms with E-state index in [1.807, 2.05) is 4.90 Å². The SMILES string of the molecule is CC(C)C1C2CN(c3c(F)ccc(Cl)c3F)CC21. The summed E-state index contributed by atoms with van der Waals surface area (Å²) in [5.41, 5.74) is 0.0530. The number of benzene rings is 1. The van der Waals surface area contributed by atoms with E-state index in [1.165, 1.54) is 12.1 Å². The highest BCUT2D eigenvalue weighted by atomic mass is 35.5. The van der Waals surface area contributed by atoms with E-state index >= 15 is 0 Å². The zero-order chi connectivity index (χ0) is 13.0. The standard InChI is InChI=1S/C14H16ClF2N/c1-7(2)12-8-5-18(6-9(8)12)14-11(16)4-3-10(15)13(14)17/h3-4,7-9,12H,5-6H2,1-2H3. The number of rotatable bonds is 2. The van der Waals surface area contributed by atoms with Crippen LogP contribution in [0.5, 0.6) is 0 Å². The van der Waals surface area contributed by atoms with E-state index in [-0.39, 0.29) is 10.7 Å². The number of piperidine rings is 1. The third-order valence-corrected chi connectivity index (χ3v) is 4.66. The van der Waals surface area contributed by atoms with Crippen LogP contribution in [0.15, 0.2) is 12.1 Å². The lowest BCUT2D eigenvalue weighted by atomic mass is 10.0. The van der Waals surface area contributed by atoms with Crippen molar-refractivity contribution in [3.63, 3.8) is 0 Å². The van der Waals surface area contributed by atoms with E-state index in [9.17, 15) is 8.78 Å². The number of hydrogen-bond acceptors (Lipinski definition) is 1. The normalized spacial score (nSPS) is 29.9. The van der Waals surface area contributed by atoms with Gasteiger partial charge in [0.05, 0.1) is 5.02 Å². The largest absolute Gasteiger partial charge is 0.366 e. The van der Waals surface area contributed by atoms with Crippen LogP contribution in [0.4, 0.5) is 14.5 Å². The molecule has 2 atom stereocenters. The van der Waals surface area contributed by atoms with Gasteiger partial charge in [0.25, 0.3) is 0 Å². The third-order valence-electron chi connectivity index (χ3n) is 4.37. The third kappa shape index (κ3) is 1.71. The molecule has 1 heterocycles. The van der Waals surface area contributed by atoms with E-state index in [4.69, 9.17) is 11.6 Å². The summed E-state index contributed by atoms with van der Waals surface area (Å²) in [6.45, 7) is 5.94. The van der Waals surface area contributed by atoms with Crippen LogP contribution in [0, 0.1) is 35.3 Å². The molecule has 1 nitrogen and oxygen atoms in total. The van der Waals surface area contributed by atoms with Gasteiger partial charge in [0.2, 0.25) is 0 Å². The molecule has 2 fully saturated rings. The van der Waals surface area contributed by atoms with E-state index < -0.39 is 11.6 Å². The summed E-state index contributed by atoms with van der Waals surface area (Å²) in [4.78, 5) is 1.81. The number of halogens is 3. The molecule has 0 amide bonds. The van der Waals surface area contributed by atoms with Crippen molar-refractivity contribution < 1.29 is 8.78 Å². The summed E-state index contributed by atoms with van der Waals surface area (Å²) in [7, 11) is 0. The molecule has 2 aliphatic rings. The van der Waals surface area contributed by atoms with E-state index in [0.717, 1.165) is 19.0 Å². The summed E-state index contributed by atoms with van der Waals surface area (Å²) in [6.07, 6.45) is 0. The van der Waals surface area contributed by atoms with Crippen LogP contribution in [-0.4, -0.2) is 13.1 Å². The van der Waals surface area contributed by atoms with Gasteiger partial charge in [0.15, 0.2) is 5.82 Å². The maximum absolute atomic E-state index is 13.9. The van der Waals surface area contributed by atoms with Gasteiger partial charge in [-0.3, -0.25) is 0 Å². The first kappa shape index (κ1) is 12.2. The van der Waals surface area contributed by atoms with Crippen molar-refractivity contribution in [2.75, 3.05) is 18.0 Å². The molecular weight excluding hydrogens is 256 g/mol. The quantitative estimate of drug-likeness (QED) is 0.736. The minimum Gasteiger partial charge on any atom is -0.366 e. The molecule has 18 heavy (non-hydrogen) atoms. The number of nitrogens with zero attached hydrogens (tertiary/aromatic N) is 1. The van der Waals surface area contributed by atoms with Crippen LogP contribution < -0.4 is 4.90 Å². The molecule has 98 valence electrons. The Morgan fingerprint density at radius 3 is 2.39 bits per heavy atom. The molecule has 4 heteroatoms. The Labute approximate surface area is 111 Å². The zero-order valence-electron chi connectivity index (χ0n) is 10.5. The average Bonchev–Trinajstić information content (AvgIpc) is 2.82. The van der Waals surface area contributed by atoms with Crippen molar-refractivity contribution in [2.24, 2.45) is 23.7 Å². The van der Waals surface area contributed by atoms with Crippen molar-refractivity contribution in [2.45, 2.75) is 13.8 Å². The molecule has 0 N–H and O–H groups in total. The van der Waals surface area contributed by atoms with Crippen LogP contribution in [0.25, 0.3) is 0 Å². The highest BCUT2D eigenvalue weighted by Gasteiger charge is 2.57. The predicted octanol–water partition coefficient (Wildman–Crippen LogP) is 3.96. The number of anilines is 1. The van der Waals surface area contributed by atoms with Crippen molar-refractivity contribution in [1.29, 1.82) is 0 Å². The molecule has 0 bridgehead atoms. The minimum absolute atomic E-state index is 0.00705. The van der Waals surface area contributed by atoms with Crippen LogP contribution in [0.3, 0.4) is 0 Å². The minimum atomic E-state index is -0.626. The van der Waals surface area contributed by atoms with Gasteiger partial charge in [-0.05, 0) is 35.8 Å². The Hall–Kier alpha value is -0.830. The molecule has 1 saturated carbocycles. The Morgan fingerprint density at radius 2 is 1.83 bits per heavy atom. The number of fused-ring (bicyclic) bond motifs is 1. The van der Waals surface area contributed by atoms with Gasteiger partial charge in [-0.1, -0.05) is 25.4 Å². The summed E-state index contributed by atoms with van der Waals surface area (Å²) < 4.78 is 27.6. The fourth-order valence-electron chi connectivity index (χ4n) is 3.55. The molecule has 3 rings (SSSR count). The second-order valence-corrected chi connectivity index (χ2v) is 6.15. The van der Waals surface area contributed by atoms with Crippen molar-refractivity contribution >= 4 is 17.3 Å². The maximum atomic E-state index is 13.9. The van der Waals surface area contributed by atoms with Crippen LogP contribution in [-0.2, 0) is 0 Å². The van der Waals surface area contributed by atoms with E-state index in [1.54, 1.807) is 0 Å². The summed E-state index contributed by atoms with van der Waals surface area (Å²) in [6, 6.07) is 2.51. The Balaban J connectivity index is 1.82. The molecule has 2 unspecified atom stereocenters. The Kier molecular flexibility index (Phi) is 2.77. The first-order chi connectivity index (χ1) is 8.50. The predicted molar refractivity (Wildman–Crippen MR) is 68.9 cm³/mol. The number of hydrogen-bond donors (Lipinski definition) is 0. The fourth-order valence-corrected chi connectivity index (χ4v) is 3.70. The Bertz CT molecular complexity index is 477. The molecule has 1 aromatic carbocycles. The van der Waals surface area contributed by atoms with E-state index in [2.05, 4.69) is 13.8 Å². The fraction of sp³-hybridized carbons (Fsp3) is 0.571. The Morgan fingerprint density at radius 1 is 1.22 bits per heavy atom. The molecule has 0 aromatic heterocycles. The van der Waals surface area contributed by atoms with E-state index in [0.29, 0.717) is 17.8 Å². The van der Waals surface area contributed by atoms with Gasteiger partial charge < -0.3 is 4.90 Å². The lowest BCUT2D eigenvalue weighted by Gasteiger charge is -2.24. The summed E-state index contributed by atoms with van der Waals surface area (Å²) >= 11 is 5.72. The molecule has 0 radical (unpaired) electrons. The lowest BCUT2D eigenvalue weighted by Crippen LogP contribution is -2.27. The van der Waals surface area contributed by atoms with Crippen molar-refractivity contribution in [3.8, 4) is 0 Å². The first-order valence-corrected chi connectivity index (χ1v) is 6.77. The van der Waals surface area contributed by atoms with Gasteiger partial charge >= 0.3 is 0 Å². The summed E-state index contributed by atoms with van der Waals surface area (Å²) in [5, 5.41) is -0.00705. The van der Waals surface area contributed by atoms with Crippen LogP contribution >= 0.6 is 11.6 Å². The highest BCUT2D eigenvalue weighted by Crippen LogP contribution is 2.56. The molecule has 1 saturated heterocycles. The zero-order valence-corrected chi connectivity index (χ0v) is 11.2. The monoisotopic (exact) mass is 271 g/mol. The van der Waals surface area contributed by atoms with Crippen molar-refractivity contribution in [1.82, 2.24) is 0 Å². The van der Waals surface area contributed by atoms with Gasteiger partial charge in [-0.15, -0.1) is 0 Å². The second-order valence-electron chi connectivity index (χ2n) is 5.75. The second kappa shape index (κ2) is 4.09. The van der Waals surface area contributed by atoms with Crippen LogP contribution in [0.1, 0.15) is 13.8 Å². The molecule has 1 aromatic rings. The van der Waals surface area contributed by atoms with Gasteiger partial charge in [0.1, 0.15) is 11.5 Å². The average molecular weight is 272 g/mol. The lowest BCUT2D eigenvalue weighted by molar-refractivity contribution is 0.474. The van der Waals surface area contributed by atoms with Crippen molar-refractivity contribution in [3.05, 3.63) is 28.8 Å². The highest BCUT2D eigenvalue weighted by molar-refractivity contribution is 6.31.